The number of halogens is 2. The molecule has 34 heavy (non-hydrogen) atoms. The van der Waals surface area contributed by atoms with Crippen molar-refractivity contribution >= 4 is 34.9 Å². The molecule has 4 rings (SSSR count). The van der Waals surface area contributed by atoms with Gasteiger partial charge in [0.2, 0.25) is 0 Å². The van der Waals surface area contributed by atoms with E-state index in [1.54, 1.807) is 12.1 Å². The molecule has 172 valence electrons. The molecule has 2 aromatic heterocycles. The molecule has 8 nitrogen and oxygen atoms in total. The number of carboxylic acids is 2. The molecular weight excluding hydrogens is 446 g/mol. The maximum Gasteiger partial charge on any atom is 0.339 e. The molecule has 0 radical (unpaired) electrons. The molecule has 0 amide bonds. The van der Waals surface area contributed by atoms with Gasteiger partial charge in [0.05, 0.1) is 0 Å². The molecule has 0 aliphatic heterocycles. The third-order valence-corrected chi connectivity index (χ3v) is 4.29. The van der Waals surface area contributed by atoms with Crippen molar-refractivity contribution in [1.29, 1.82) is 0 Å². The first-order valence-electron chi connectivity index (χ1n) is 9.75. The summed E-state index contributed by atoms with van der Waals surface area (Å²) in [4.78, 5) is 29.7. The summed E-state index contributed by atoms with van der Waals surface area (Å²) < 4.78 is 25.4. The molecule has 2 heterocycles. The molecule has 10 heteroatoms. The predicted octanol–water partition coefficient (Wildman–Crippen LogP) is 5.33. The SMILES string of the molecule is O=C(O)c1cccnc1Nc1ccc(F)cc1.O=C(O)c1cccnc1Nc1ccc(F)cc1. The first-order valence-corrected chi connectivity index (χ1v) is 9.75. The summed E-state index contributed by atoms with van der Waals surface area (Å²) in [5, 5.41) is 23.5. The second kappa shape index (κ2) is 11.1. The Kier molecular flexibility index (Phi) is 7.79. The van der Waals surface area contributed by atoms with Crippen molar-refractivity contribution in [3.05, 3.63) is 108 Å². The molecule has 0 saturated heterocycles. The van der Waals surface area contributed by atoms with Gasteiger partial charge in [-0.15, -0.1) is 0 Å². The van der Waals surface area contributed by atoms with Crippen molar-refractivity contribution in [2.75, 3.05) is 10.6 Å². The highest BCUT2D eigenvalue weighted by molar-refractivity contribution is 5.94. The molecule has 4 N–H and O–H groups in total. The van der Waals surface area contributed by atoms with Gasteiger partial charge in [-0.25, -0.2) is 28.3 Å². The molecule has 0 fully saturated rings. The number of aromatic carboxylic acids is 2. The van der Waals surface area contributed by atoms with E-state index in [-0.39, 0.29) is 34.4 Å². The number of benzene rings is 2. The Balaban J connectivity index is 0.000000191. The number of carbonyl (C=O) groups is 2. The highest BCUT2D eigenvalue weighted by atomic mass is 19.1. The lowest BCUT2D eigenvalue weighted by molar-refractivity contribution is 0.0686. The van der Waals surface area contributed by atoms with Crippen LogP contribution < -0.4 is 10.6 Å². The minimum absolute atomic E-state index is 0.0665. The lowest BCUT2D eigenvalue weighted by Gasteiger charge is -2.07. The maximum absolute atomic E-state index is 12.7. The van der Waals surface area contributed by atoms with Crippen LogP contribution in [0.25, 0.3) is 0 Å². The number of nitrogens with one attached hydrogen (secondary N) is 2. The van der Waals surface area contributed by atoms with Gasteiger partial charge in [0.15, 0.2) is 0 Å². The van der Waals surface area contributed by atoms with Crippen molar-refractivity contribution in [3.8, 4) is 0 Å². The number of pyridine rings is 2. The van der Waals surface area contributed by atoms with Crippen LogP contribution in [0.15, 0.2) is 85.2 Å². The fourth-order valence-electron chi connectivity index (χ4n) is 2.69. The van der Waals surface area contributed by atoms with Crippen LogP contribution in [0.1, 0.15) is 20.7 Å². The normalized spacial score (nSPS) is 9.94. The van der Waals surface area contributed by atoms with Gasteiger partial charge in [-0.3, -0.25) is 0 Å². The molecule has 0 unspecified atom stereocenters. The second-order valence-electron chi connectivity index (χ2n) is 6.67. The minimum Gasteiger partial charge on any atom is -0.478 e. The molecule has 0 saturated carbocycles. The molecule has 0 spiro atoms. The largest absolute Gasteiger partial charge is 0.478 e. The smallest absolute Gasteiger partial charge is 0.339 e. The van der Waals surface area contributed by atoms with Gasteiger partial charge in [-0.1, -0.05) is 0 Å². The van der Waals surface area contributed by atoms with Gasteiger partial charge < -0.3 is 20.8 Å². The van der Waals surface area contributed by atoms with Crippen molar-refractivity contribution < 1.29 is 28.6 Å². The maximum atomic E-state index is 12.7. The Bertz CT molecular complexity index is 1180. The lowest BCUT2D eigenvalue weighted by Crippen LogP contribution is -2.04. The molecule has 2 aromatic carbocycles. The van der Waals surface area contributed by atoms with E-state index >= 15 is 0 Å². The zero-order valence-electron chi connectivity index (χ0n) is 17.4. The zero-order chi connectivity index (χ0) is 24.5. The highest BCUT2D eigenvalue weighted by Crippen LogP contribution is 2.19. The summed E-state index contributed by atoms with van der Waals surface area (Å²) in [6.07, 6.45) is 2.97. The molecule has 4 aromatic rings. The van der Waals surface area contributed by atoms with Gasteiger partial charge in [0.1, 0.15) is 34.4 Å². The first-order chi connectivity index (χ1) is 16.3. The van der Waals surface area contributed by atoms with E-state index in [2.05, 4.69) is 20.6 Å². The van der Waals surface area contributed by atoms with Gasteiger partial charge >= 0.3 is 11.9 Å². The zero-order valence-corrected chi connectivity index (χ0v) is 17.4. The van der Waals surface area contributed by atoms with Crippen LogP contribution in [0.3, 0.4) is 0 Å². The number of aromatic nitrogens is 2. The minimum atomic E-state index is -1.07. The summed E-state index contributed by atoms with van der Waals surface area (Å²) in [6.45, 7) is 0. The number of anilines is 4. The molecule has 0 aliphatic carbocycles. The van der Waals surface area contributed by atoms with Gasteiger partial charge in [0.25, 0.3) is 0 Å². The molecule has 0 atom stereocenters. The van der Waals surface area contributed by atoms with Crippen LogP contribution in [-0.4, -0.2) is 32.1 Å². The second-order valence-corrected chi connectivity index (χ2v) is 6.67. The summed E-state index contributed by atoms with van der Waals surface area (Å²) in [7, 11) is 0. The Morgan fingerprint density at radius 1 is 0.618 bits per heavy atom. The summed E-state index contributed by atoms with van der Waals surface area (Å²) in [5.41, 5.74) is 1.29. The van der Waals surface area contributed by atoms with Gasteiger partial charge in [-0.05, 0) is 72.8 Å². The van der Waals surface area contributed by atoms with E-state index in [1.807, 2.05) is 0 Å². The number of hydrogen-bond acceptors (Lipinski definition) is 6. The van der Waals surface area contributed by atoms with E-state index in [0.717, 1.165) is 0 Å². The number of rotatable bonds is 6. The van der Waals surface area contributed by atoms with Crippen LogP contribution in [0.4, 0.5) is 31.8 Å². The third-order valence-electron chi connectivity index (χ3n) is 4.29. The fourth-order valence-corrected chi connectivity index (χ4v) is 2.69. The summed E-state index contributed by atoms with van der Waals surface area (Å²) in [6, 6.07) is 17.1. The highest BCUT2D eigenvalue weighted by Gasteiger charge is 2.11. The summed E-state index contributed by atoms with van der Waals surface area (Å²) >= 11 is 0. The monoisotopic (exact) mass is 464 g/mol. The van der Waals surface area contributed by atoms with Crippen LogP contribution >= 0.6 is 0 Å². The topological polar surface area (TPSA) is 124 Å². The van der Waals surface area contributed by atoms with Gasteiger partial charge in [0, 0.05) is 23.8 Å². The lowest BCUT2D eigenvalue weighted by atomic mass is 10.2. The standard InChI is InChI=1S/2C12H9FN2O2/c2*13-8-3-5-9(6-4-8)15-11-10(12(16)17)2-1-7-14-11/h2*1-7H,(H,14,15)(H,16,17). The van der Waals surface area contributed by atoms with Crippen molar-refractivity contribution in [2.24, 2.45) is 0 Å². The summed E-state index contributed by atoms with van der Waals surface area (Å²) in [5.74, 6) is -2.38. The Labute approximate surface area is 192 Å². The molecule has 0 bridgehead atoms. The van der Waals surface area contributed by atoms with Crippen LogP contribution in [-0.2, 0) is 0 Å². The Morgan fingerprint density at radius 2 is 0.971 bits per heavy atom. The Hall–Kier alpha value is -4.86. The third kappa shape index (κ3) is 6.57. The Morgan fingerprint density at radius 3 is 1.29 bits per heavy atom. The van der Waals surface area contributed by atoms with Crippen molar-refractivity contribution in [3.63, 3.8) is 0 Å². The average molecular weight is 464 g/mol. The van der Waals surface area contributed by atoms with E-state index in [9.17, 15) is 18.4 Å². The first kappa shape index (κ1) is 23.8. The van der Waals surface area contributed by atoms with E-state index in [4.69, 9.17) is 10.2 Å². The van der Waals surface area contributed by atoms with E-state index < -0.39 is 11.9 Å². The number of nitrogens with zero attached hydrogens (tertiary/aromatic N) is 2. The van der Waals surface area contributed by atoms with Crippen molar-refractivity contribution in [2.45, 2.75) is 0 Å². The molecular formula is C24H18F2N4O4. The number of carboxylic acid groups (broad SMARTS) is 2. The van der Waals surface area contributed by atoms with E-state index in [0.29, 0.717) is 11.4 Å². The predicted molar refractivity (Wildman–Crippen MR) is 122 cm³/mol. The average Bonchev–Trinajstić information content (AvgIpc) is 2.83. The van der Waals surface area contributed by atoms with Crippen LogP contribution in [0.5, 0.6) is 0 Å². The fraction of sp³-hybridized carbons (Fsp3) is 0. The van der Waals surface area contributed by atoms with E-state index in [1.165, 1.54) is 73.1 Å². The van der Waals surface area contributed by atoms with Crippen LogP contribution in [0.2, 0.25) is 0 Å². The van der Waals surface area contributed by atoms with Crippen LogP contribution in [0, 0.1) is 11.6 Å². The van der Waals surface area contributed by atoms with Gasteiger partial charge in [-0.2, -0.15) is 0 Å². The van der Waals surface area contributed by atoms with Crippen molar-refractivity contribution in [1.82, 2.24) is 9.97 Å². The molecule has 0 aliphatic rings. The number of hydrogen-bond donors (Lipinski definition) is 4. The quantitative estimate of drug-likeness (QED) is 0.302.